The fraction of sp³-hybridized carbons (Fsp3) is 0.250. The van der Waals surface area contributed by atoms with Crippen molar-refractivity contribution in [3.63, 3.8) is 0 Å². The summed E-state index contributed by atoms with van der Waals surface area (Å²) in [5.74, 6) is 1.52. The Bertz CT molecular complexity index is 1040. The maximum atomic E-state index is 5.85. The Morgan fingerprint density at radius 2 is 1.64 bits per heavy atom. The van der Waals surface area contributed by atoms with E-state index >= 15 is 0 Å². The first-order valence-corrected chi connectivity index (χ1v) is 9.94. The summed E-state index contributed by atoms with van der Waals surface area (Å²) in [6.45, 7) is 6.33. The van der Waals surface area contributed by atoms with Crippen LogP contribution in [0.2, 0.25) is 0 Å². The van der Waals surface area contributed by atoms with E-state index in [4.69, 9.17) is 4.42 Å². The zero-order valence-electron chi connectivity index (χ0n) is 15.9. The third kappa shape index (κ3) is 3.82. The van der Waals surface area contributed by atoms with E-state index in [9.17, 15) is 0 Å². The van der Waals surface area contributed by atoms with E-state index in [1.54, 1.807) is 4.68 Å². The monoisotopic (exact) mass is 392 g/mol. The summed E-state index contributed by atoms with van der Waals surface area (Å²) in [6.07, 6.45) is 0. The number of hydrogen-bond acceptors (Lipinski definition) is 7. The fourth-order valence-electron chi connectivity index (χ4n) is 2.72. The molecule has 0 saturated heterocycles. The largest absolute Gasteiger partial charge is 0.419 e. The predicted octanol–water partition coefficient (Wildman–Crippen LogP) is 4.69. The highest BCUT2D eigenvalue weighted by Gasteiger charge is 2.20. The lowest BCUT2D eigenvalue weighted by Crippen LogP contribution is -2.01. The normalized spacial score (nSPS) is 12.4. The Balaban J connectivity index is 1.52. The number of nitrogens with zero attached hydrogens (tertiary/aromatic N) is 6. The molecular formula is C20H20N6OS. The minimum Gasteiger partial charge on any atom is -0.419 e. The lowest BCUT2D eigenvalue weighted by molar-refractivity contribution is 0.509. The Hall–Kier alpha value is -3.00. The molecule has 4 aromatic rings. The molecule has 2 aromatic heterocycles. The van der Waals surface area contributed by atoms with Crippen LogP contribution in [0, 0.1) is 0 Å². The number of hydrogen-bond donors (Lipinski definition) is 0. The molecule has 0 unspecified atom stereocenters. The van der Waals surface area contributed by atoms with Gasteiger partial charge in [0.15, 0.2) is 0 Å². The average Bonchev–Trinajstić information content (AvgIpc) is 3.38. The van der Waals surface area contributed by atoms with Crippen LogP contribution in [0.5, 0.6) is 0 Å². The minimum absolute atomic E-state index is 0.0929. The van der Waals surface area contributed by atoms with Crippen molar-refractivity contribution in [2.45, 2.75) is 37.1 Å². The summed E-state index contributed by atoms with van der Waals surface area (Å²) in [5, 5.41) is 21.0. The second-order valence-corrected chi connectivity index (χ2v) is 8.00. The first-order valence-electron chi connectivity index (χ1n) is 9.06. The van der Waals surface area contributed by atoms with Gasteiger partial charge in [0.1, 0.15) is 0 Å². The topological polar surface area (TPSA) is 82.5 Å². The number of aromatic nitrogens is 6. The van der Waals surface area contributed by atoms with E-state index in [2.05, 4.69) is 51.7 Å². The van der Waals surface area contributed by atoms with Crippen LogP contribution < -0.4 is 0 Å². The fourth-order valence-corrected chi connectivity index (χ4v) is 3.56. The SMILES string of the molecule is CC(C)c1ccc(-n2nnnc2S[C@@H](C)c2nnc(-c3ccccc3)o2)cc1. The van der Waals surface area contributed by atoms with Crippen molar-refractivity contribution in [2.24, 2.45) is 0 Å². The van der Waals surface area contributed by atoms with Gasteiger partial charge in [-0.15, -0.1) is 15.3 Å². The molecule has 0 aliphatic carbocycles. The quantitative estimate of drug-likeness (QED) is 0.440. The third-order valence-electron chi connectivity index (χ3n) is 4.34. The van der Waals surface area contributed by atoms with E-state index < -0.39 is 0 Å². The summed E-state index contributed by atoms with van der Waals surface area (Å²) in [6, 6.07) is 18.0. The zero-order chi connectivity index (χ0) is 19.5. The van der Waals surface area contributed by atoms with E-state index in [1.807, 2.05) is 49.4 Å². The van der Waals surface area contributed by atoms with Crippen molar-refractivity contribution in [2.75, 3.05) is 0 Å². The van der Waals surface area contributed by atoms with Crippen molar-refractivity contribution in [3.8, 4) is 17.1 Å². The molecule has 28 heavy (non-hydrogen) atoms. The van der Waals surface area contributed by atoms with Gasteiger partial charge in [-0.1, -0.05) is 55.9 Å². The molecule has 142 valence electrons. The van der Waals surface area contributed by atoms with Crippen LogP contribution in [0.4, 0.5) is 0 Å². The average molecular weight is 392 g/mol. The second-order valence-electron chi connectivity index (χ2n) is 6.69. The van der Waals surface area contributed by atoms with Crippen LogP contribution in [0.3, 0.4) is 0 Å². The van der Waals surface area contributed by atoms with Crippen LogP contribution in [0.25, 0.3) is 17.1 Å². The molecule has 0 aliphatic heterocycles. The molecule has 0 fully saturated rings. The summed E-state index contributed by atoms with van der Waals surface area (Å²) in [5.41, 5.74) is 3.09. The molecule has 0 amide bonds. The first kappa shape index (κ1) is 18.4. The van der Waals surface area contributed by atoms with Gasteiger partial charge in [-0.3, -0.25) is 0 Å². The highest BCUT2D eigenvalue weighted by molar-refractivity contribution is 7.99. The van der Waals surface area contributed by atoms with Crippen molar-refractivity contribution >= 4 is 11.8 Å². The molecular weight excluding hydrogens is 372 g/mol. The standard InChI is InChI=1S/C20H20N6OS/c1-13(2)15-9-11-17(12-10-15)26-20(23-24-25-26)28-14(3)18-21-22-19(27-18)16-7-5-4-6-8-16/h4-14H,1-3H3/t14-/m0/s1. The van der Waals surface area contributed by atoms with Gasteiger partial charge >= 0.3 is 0 Å². The number of benzene rings is 2. The van der Waals surface area contributed by atoms with Crippen LogP contribution in [-0.2, 0) is 0 Å². The Morgan fingerprint density at radius 3 is 2.36 bits per heavy atom. The smallest absolute Gasteiger partial charge is 0.247 e. The molecule has 7 nitrogen and oxygen atoms in total. The van der Waals surface area contributed by atoms with Gasteiger partial charge in [0.05, 0.1) is 10.9 Å². The molecule has 2 aromatic carbocycles. The molecule has 4 rings (SSSR count). The molecule has 0 spiro atoms. The Kier molecular flexibility index (Phi) is 5.21. The highest BCUT2D eigenvalue weighted by atomic mass is 32.2. The molecule has 1 atom stereocenters. The number of thioether (sulfide) groups is 1. The maximum Gasteiger partial charge on any atom is 0.247 e. The third-order valence-corrected chi connectivity index (χ3v) is 5.36. The van der Waals surface area contributed by atoms with Gasteiger partial charge in [-0.2, -0.15) is 4.68 Å². The summed E-state index contributed by atoms with van der Waals surface area (Å²) in [7, 11) is 0. The van der Waals surface area contributed by atoms with Crippen LogP contribution in [-0.4, -0.2) is 30.4 Å². The van der Waals surface area contributed by atoms with Gasteiger partial charge in [-0.25, -0.2) is 0 Å². The highest BCUT2D eigenvalue weighted by Crippen LogP contribution is 2.34. The molecule has 0 saturated carbocycles. The zero-order valence-corrected chi connectivity index (χ0v) is 16.7. The van der Waals surface area contributed by atoms with Gasteiger partial charge in [-0.05, 0) is 53.1 Å². The van der Waals surface area contributed by atoms with Crippen LogP contribution in [0.15, 0.2) is 64.2 Å². The molecule has 8 heteroatoms. The summed E-state index contributed by atoms with van der Waals surface area (Å²) >= 11 is 1.47. The lowest BCUT2D eigenvalue weighted by Gasteiger charge is -2.09. The van der Waals surface area contributed by atoms with Crippen LogP contribution in [0.1, 0.15) is 43.4 Å². The van der Waals surface area contributed by atoms with Crippen molar-refractivity contribution in [1.29, 1.82) is 0 Å². The second kappa shape index (κ2) is 7.93. The number of rotatable bonds is 6. The summed E-state index contributed by atoms with van der Waals surface area (Å²) in [4.78, 5) is 0. The molecule has 2 heterocycles. The summed E-state index contributed by atoms with van der Waals surface area (Å²) < 4.78 is 7.57. The van der Waals surface area contributed by atoms with Crippen LogP contribution >= 0.6 is 11.8 Å². The maximum absolute atomic E-state index is 5.85. The van der Waals surface area contributed by atoms with Crippen molar-refractivity contribution in [1.82, 2.24) is 30.4 Å². The Labute approximate surface area is 167 Å². The molecule has 0 bridgehead atoms. The number of tetrazole rings is 1. The predicted molar refractivity (Wildman–Crippen MR) is 107 cm³/mol. The van der Waals surface area contributed by atoms with E-state index in [1.165, 1.54) is 17.3 Å². The minimum atomic E-state index is -0.0929. The van der Waals surface area contributed by atoms with E-state index in [0.29, 0.717) is 22.9 Å². The van der Waals surface area contributed by atoms with E-state index in [0.717, 1.165) is 11.3 Å². The van der Waals surface area contributed by atoms with Gasteiger partial charge < -0.3 is 4.42 Å². The van der Waals surface area contributed by atoms with Crippen molar-refractivity contribution < 1.29 is 4.42 Å². The molecule has 0 radical (unpaired) electrons. The van der Waals surface area contributed by atoms with Crippen molar-refractivity contribution in [3.05, 3.63) is 66.1 Å². The molecule has 0 aliphatic rings. The first-order chi connectivity index (χ1) is 13.6. The Morgan fingerprint density at radius 1 is 0.893 bits per heavy atom. The van der Waals surface area contributed by atoms with E-state index in [-0.39, 0.29) is 5.25 Å². The lowest BCUT2D eigenvalue weighted by atomic mass is 10.0. The van der Waals surface area contributed by atoms with Gasteiger partial charge in [0.25, 0.3) is 0 Å². The van der Waals surface area contributed by atoms with Gasteiger partial charge in [0, 0.05) is 5.56 Å². The molecule has 0 N–H and O–H groups in total. The van der Waals surface area contributed by atoms with Gasteiger partial charge in [0.2, 0.25) is 16.9 Å².